The second-order valence-corrected chi connectivity index (χ2v) is 6.36. The molecule has 1 fully saturated rings. The quantitative estimate of drug-likeness (QED) is 0.605. The lowest BCUT2D eigenvalue weighted by atomic mass is 10.2. The molecule has 0 aliphatic carbocycles. The molecule has 0 radical (unpaired) electrons. The number of hydrogen-bond donors (Lipinski definition) is 0. The first kappa shape index (κ1) is 17.8. The fraction of sp³-hybridized carbons (Fsp3) is 0.100. The van der Waals surface area contributed by atoms with Crippen molar-refractivity contribution in [3.63, 3.8) is 0 Å². The molecule has 2 aromatic carbocycles. The summed E-state index contributed by atoms with van der Waals surface area (Å²) in [6.45, 7) is 0.140. The van der Waals surface area contributed by atoms with Gasteiger partial charge in [-0.1, -0.05) is 36.3 Å². The van der Waals surface area contributed by atoms with E-state index in [2.05, 4.69) is 10.9 Å². The molecular formula is C20H15FN2O2S. The Morgan fingerprint density at radius 3 is 2.77 bits per heavy atom. The van der Waals surface area contributed by atoms with E-state index >= 15 is 0 Å². The third kappa shape index (κ3) is 3.79. The fourth-order valence-corrected chi connectivity index (χ4v) is 3.26. The molecule has 3 rings (SSSR count). The standard InChI is InChI=1S/C20H15FN2O2S/c1-3-12-25-17-11-7-4-8-14(17)13-18-19(24)23(2)20(26-18)22-16-10-6-5-9-15(16)21/h1,4-11,13H,12H2,2H3/b18-13+,22-20?. The van der Waals surface area contributed by atoms with Crippen molar-refractivity contribution in [2.45, 2.75) is 0 Å². The van der Waals surface area contributed by atoms with Crippen molar-refractivity contribution in [1.82, 2.24) is 4.90 Å². The highest BCUT2D eigenvalue weighted by molar-refractivity contribution is 8.18. The highest BCUT2D eigenvalue weighted by Crippen LogP contribution is 2.35. The van der Waals surface area contributed by atoms with Gasteiger partial charge >= 0.3 is 0 Å². The van der Waals surface area contributed by atoms with Crippen LogP contribution in [0.1, 0.15) is 5.56 Å². The second kappa shape index (κ2) is 7.89. The van der Waals surface area contributed by atoms with Gasteiger partial charge in [0, 0.05) is 12.6 Å². The molecule has 1 aliphatic rings. The van der Waals surface area contributed by atoms with E-state index in [1.54, 1.807) is 37.4 Å². The van der Waals surface area contributed by atoms with E-state index in [0.29, 0.717) is 15.8 Å². The number of aliphatic imine (C=N–C) groups is 1. The molecule has 4 nitrogen and oxygen atoms in total. The molecule has 0 atom stereocenters. The zero-order valence-corrected chi connectivity index (χ0v) is 14.8. The summed E-state index contributed by atoms with van der Waals surface area (Å²) < 4.78 is 19.3. The molecule has 6 heteroatoms. The van der Waals surface area contributed by atoms with Gasteiger partial charge in [0.1, 0.15) is 23.9 Å². The summed E-state index contributed by atoms with van der Waals surface area (Å²) >= 11 is 1.18. The predicted octanol–water partition coefficient (Wildman–Crippen LogP) is 4.07. The highest BCUT2D eigenvalue weighted by Gasteiger charge is 2.30. The van der Waals surface area contributed by atoms with Crippen molar-refractivity contribution < 1.29 is 13.9 Å². The fourth-order valence-electron chi connectivity index (χ4n) is 2.29. The molecule has 130 valence electrons. The van der Waals surface area contributed by atoms with Gasteiger partial charge in [-0.05, 0) is 36.0 Å². The minimum atomic E-state index is -0.438. The molecule has 1 saturated heterocycles. The van der Waals surface area contributed by atoms with E-state index < -0.39 is 5.82 Å². The lowest BCUT2D eigenvalue weighted by molar-refractivity contribution is -0.121. The summed E-state index contributed by atoms with van der Waals surface area (Å²) in [6.07, 6.45) is 6.95. The average Bonchev–Trinajstić information content (AvgIpc) is 2.91. The molecule has 0 unspecified atom stereocenters. The Labute approximate surface area is 155 Å². The number of thioether (sulfide) groups is 1. The first-order chi connectivity index (χ1) is 12.6. The highest BCUT2D eigenvalue weighted by atomic mass is 32.2. The number of amidine groups is 1. The molecule has 1 amide bonds. The van der Waals surface area contributed by atoms with E-state index in [0.717, 1.165) is 5.56 Å². The van der Waals surface area contributed by atoms with Crippen molar-refractivity contribution in [2.75, 3.05) is 13.7 Å². The molecule has 1 aliphatic heterocycles. The summed E-state index contributed by atoms with van der Waals surface area (Å²) in [7, 11) is 1.61. The summed E-state index contributed by atoms with van der Waals surface area (Å²) in [4.78, 5) is 18.6. The minimum absolute atomic E-state index is 0.140. The maximum atomic E-state index is 13.8. The number of benzene rings is 2. The Balaban J connectivity index is 1.91. The molecular weight excluding hydrogens is 351 g/mol. The number of carbonyl (C=O) groups is 1. The molecule has 1 heterocycles. The van der Waals surface area contributed by atoms with Gasteiger partial charge in [0.2, 0.25) is 0 Å². The topological polar surface area (TPSA) is 41.9 Å². The van der Waals surface area contributed by atoms with E-state index in [9.17, 15) is 9.18 Å². The zero-order chi connectivity index (χ0) is 18.5. The Bertz CT molecular complexity index is 947. The predicted molar refractivity (Wildman–Crippen MR) is 103 cm³/mol. The van der Waals surface area contributed by atoms with Crippen molar-refractivity contribution in [3.8, 4) is 18.1 Å². The van der Waals surface area contributed by atoms with E-state index in [4.69, 9.17) is 11.2 Å². The summed E-state index contributed by atoms with van der Waals surface area (Å²) in [5.74, 6) is 2.36. The van der Waals surface area contributed by atoms with Gasteiger partial charge in [-0.25, -0.2) is 9.38 Å². The van der Waals surface area contributed by atoms with Crippen LogP contribution in [0.2, 0.25) is 0 Å². The molecule has 26 heavy (non-hydrogen) atoms. The first-order valence-corrected chi connectivity index (χ1v) is 8.58. The van der Waals surface area contributed by atoms with E-state index in [1.165, 1.54) is 22.7 Å². The van der Waals surface area contributed by atoms with Gasteiger partial charge in [-0.15, -0.1) is 6.42 Å². The zero-order valence-electron chi connectivity index (χ0n) is 14.0. The molecule has 0 N–H and O–H groups in total. The monoisotopic (exact) mass is 366 g/mol. The molecule has 0 saturated carbocycles. The van der Waals surface area contributed by atoms with Gasteiger partial charge in [-0.3, -0.25) is 9.69 Å². The van der Waals surface area contributed by atoms with Crippen molar-refractivity contribution >= 4 is 34.6 Å². The van der Waals surface area contributed by atoms with Gasteiger partial charge in [-0.2, -0.15) is 0 Å². The number of rotatable bonds is 4. The van der Waals surface area contributed by atoms with Crippen LogP contribution in [-0.4, -0.2) is 29.6 Å². The number of amides is 1. The Hall–Kier alpha value is -3.04. The number of terminal acetylenes is 1. The largest absolute Gasteiger partial charge is 0.480 e. The third-order valence-corrected chi connectivity index (χ3v) is 4.65. The third-order valence-electron chi connectivity index (χ3n) is 3.59. The number of hydrogen-bond acceptors (Lipinski definition) is 4. The first-order valence-electron chi connectivity index (χ1n) is 7.76. The number of halogens is 1. The lowest BCUT2D eigenvalue weighted by Crippen LogP contribution is -2.23. The van der Waals surface area contributed by atoms with Crippen LogP contribution >= 0.6 is 11.8 Å². The Morgan fingerprint density at radius 1 is 1.27 bits per heavy atom. The van der Waals surface area contributed by atoms with Gasteiger partial charge in [0.15, 0.2) is 5.17 Å². The normalized spacial score (nSPS) is 17.0. The summed E-state index contributed by atoms with van der Waals surface area (Å²) in [5, 5.41) is 0.411. The number of nitrogens with zero attached hydrogens (tertiary/aromatic N) is 2. The van der Waals surface area contributed by atoms with Crippen LogP contribution in [0.15, 0.2) is 58.4 Å². The SMILES string of the molecule is C#CCOc1ccccc1/C=C1/SC(=Nc2ccccc2F)N(C)C1=O. The smallest absolute Gasteiger partial charge is 0.266 e. The second-order valence-electron chi connectivity index (χ2n) is 5.35. The van der Waals surface area contributed by atoms with Crippen LogP contribution in [0, 0.1) is 18.2 Å². The number of carbonyl (C=O) groups excluding carboxylic acids is 1. The minimum Gasteiger partial charge on any atom is -0.480 e. The van der Waals surface area contributed by atoms with E-state index in [-0.39, 0.29) is 18.2 Å². The van der Waals surface area contributed by atoms with Crippen molar-refractivity contribution in [1.29, 1.82) is 0 Å². The van der Waals surface area contributed by atoms with Crippen LogP contribution < -0.4 is 4.74 Å². The van der Waals surface area contributed by atoms with Crippen LogP contribution in [0.3, 0.4) is 0 Å². The van der Waals surface area contributed by atoms with Gasteiger partial charge < -0.3 is 4.74 Å². The van der Waals surface area contributed by atoms with Gasteiger partial charge in [0.25, 0.3) is 5.91 Å². The van der Waals surface area contributed by atoms with Crippen LogP contribution in [0.4, 0.5) is 10.1 Å². The molecule has 0 bridgehead atoms. The number of likely N-dealkylation sites (N-methyl/N-ethyl adjacent to an activating group) is 1. The van der Waals surface area contributed by atoms with Crippen LogP contribution in [0.5, 0.6) is 5.75 Å². The molecule has 0 spiro atoms. The Kier molecular flexibility index (Phi) is 5.40. The van der Waals surface area contributed by atoms with Crippen LogP contribution in [-0.2, 0) is 4.79 Å². The number of ether oxygens (including phenoxy) is 1. The lowest BCUT2D eigenvalue weighted by Gasteiger charge is -2.07. The molecule has 0 aromatic heterocycles. The maximum absolute atomic E-state index is 13.8. The molecule has 2 aromatic rings. The van der Waals surface area contributed by atoms with Gasteiger partial charge in [0.05, 0.1) is 4.91 Å². The maximum Gasteiger partial charge on any atom is 0.266 e. The van der Waals surface area contributed by atoms with Crippen molar-refractivity contribution in [3.05, 3.63) is 64.8 Å². The Morgan fingerprint density at radius 2 is 2.00 bits per heavy atom. The average molecular weight is 366 g/mol. The summed E-state index contributed by atoms with van der Waals surface area (Å²) in [5.41, 5.74) is 0.924. The van der Waals surface area contributed by atoms with E-state index in [1.807, 2.05) is 18.2 Å². The van der Waals surface area contributed by atoms with Crippen molar-refractivity contribution in [2.24, 2.45) is 4.99 Å². The summed E-state index contributed by atoms with van der Waals surface area (Å²) in [6, 6.07) is 13.5. The van der Waals surface area contributed by atoms with Crippen LogP contribution in [0.25, 0.3) is 6.08 Å². The number of para-hydroxylation sites is 2.